The lowest BCUT2D eigenvalue weighted by atomic mass is 10.2. The van der Waals surface area contributed by atoms with E-state index in [-0.39, 0.29) is 17.8 Å². The molecule has 2 rings (SSSR count). The molecule has 20 heavy (non-hydrogen) atoms. The molecule has 1 atom stereocenters. The zero-order chi connectivity index (χ0) is 14.7. The summed E-state index contributed by atoms with van der Waals surface area (Å²) >= 11 is 1.27. The summed E-state index contributed by atoms with van der Waals surface area (Å²) in [5, 5.41) is 3.58. The smallest absolute Gasteiger partial charge is 0.265 e. The van der Waals surface area contributed by atoms with Crippen LogP contribution in [0, 0.1) is 0 Å². The van der Waals surface area contributed by atoms with Crippen LogP contribution in [0.3, 0.4) is 0 Å². The number of nitrogens with one attached hydrogen (secondary N) is 1. The number of thiazole rings is 1. The maximum absolute atomic E-state index is 12.2. The molecule has 3 N–H and O–H groups in total. The number of carbonyl (C=O) groups excluding carboxylic acids is 1. The second kappa shape index (κ2) is 5.87. The van der Waals surface area contributed by atoms with Crippen LogP contribution in [0.15, 0.2) is 24.4 Å². The number of nitrogens with two attached hydrogens (primary N) is 1. The number of rotatable bonds is 4. The van der Waals surface area contributed by atoms with Crippen molar-refractivity contribution in [2.24, 2.45) is 0 Å². The van der Waals surface area contributed by atoms with Crippen molar-refractivity contribution in [1.82, 2.24) is 15.3 Å². The number of amides is 1. The zero-order valence-electron chi connectivity index (χ0n) is 11.6. The Bertz CT molecular complexity index is 596. The first-order valence-electron chi connectivity index (χ1n) is 6.14. The van der Waals surface area contributed by atoms with Crippen molar-refractivity contribution < 1.29 is 4.79 Å². The normalized spacial score (nSPS) is 11.9. The molecule has 0 spiro atoms. The molecule has 7 heteroatoms. The van der Waals surface area contributed by atoms with Crippen LogP contribution in [-0.4, -0.2) is 30.0 Å². The molecule has 2 aromatic heterocycles. The molecule has 2 aromatic rings. The van der Waals surface area contributed by atoms with Crippen LogP contribution >= 0.6 is 11.3 Å². The van der Waals surface area contributed by atoms with Gasteiger partial charge in [-0.1, -0.05) is 17.4 Å². The highest BCUT2D eigenvalue weighted by Gasteiger charge is 2.19. The van der Waals surface area contributed by atoms with Gasteiger partial charge in [0.05, 0.1) is 11.7 Å². The third-order valence-corrected chi connectivity index (χ3v) is 3.95. The molecule has 0 aliphatic carbocycles. The highest BCUT2D eigenvalue weighted by molar-refractivity contribution is 7.18. The molecule has 2 heterocycles. The molecule has 0 aromatic carbocycles. The fraction of sp³-hybridized carbons (Fsp3) is 0.308. The third kappa shape index (κ3) is 3.05. The van der Waals surface area contributed by atoms with Crippen molar-refractivity contribution >= 4 is 28.2 Å². The van der Waals surface area contributed by atoms with Gasteiger partial charge in [-0.3, -0.25) is 9.78 Å². The maximum atomic E-state index is 12.2. The molecular weight excluding hydrogens is 274 g/mol. The number of nitrogen functional groups attached to an aromatic ring is 1. The Morgan fingerprint density at radius 3 is 2.75 bits per heavy atom. The van der Waals surface area contributed by atoms with Gasteiger partial charge < -0.3 is 16.0 Å². The van der Waals surface area contributed by atoms with E-state index in [1.165, 1.54) is 11.3 Å². The summed E-state index contributed by atoms with van der Waals surface area (Å²) in [6.07, 6.45) is 1.70. The van der Waals surface area contributed by atoms with Gasteiger partial charge in [0.1, 0.15) is 10.7 Å². The standard InChI is InChI=1S/C13H17N5OS/c1-8(9-6-4-5-7-15-9)16-12(19)10-11(14)17-13(20-10)18(2)3/h4-8H,14H2,1-3H3,(H,16,19). The topological polar surface area (TPSA) is 84.1 Å². The van der Waals surface area contributed by atoms with E-state index in [1.54, 1.807) is 6.20 Å². The van der Waals surface area contributed by atoms with Crippen molar-refractivity contribution in [3.8, 4) is 0 Å². The SMILES string of the molecule is CC(NC(=O)c1sc(N(C)C)nc1N)c1ccccn1. The highest BCUT2D eigenvalue weighted by Crippen LogP contribution is 2.27. The first-order valence-corrected chi connectivity index (χ1v) is 6.96. The number of pyridine rings is 1. The zero-order valence-corrected chi connectivity index (χ0v) is 12.4. The van der Waals surface area contributed by atoms with E-state index in [2.05, 4.69) is 15.3 Å². The lowest BCUT2D eigenvalue weighted by Crippen LogP contribution is -2.27. The van der Waals surface area contributed by atoms with Crippen LogP contribution in [0.1, 0.15) is 28.3 Å². The molecule has 0 saturated heterocycles. The van der Waals surface area contributed by atoms with Crippen molar-refractivity contribution in [3.63, 3.8) is 0 Å². The molecule has 106 valence electrons. The van der Waals surface area contributed by atoms with E-state index < -0.39 is 0 Å². The Balaban J connectivity index is 2.12. The molecule has 6 nitrogen and oxygen atoms in total. The maximum Gasteiger partial charge on any atom is 0.265 e. The molecule has 1 unspecified atom stereocenters. The van der Waals surface area contributed by atoms with E-state index in [0.29, 0.717) is 10.0 Å². The second-order valence-corrected chi connectivity index (χ2v) is 5.53. The van der Waals surface area contributed by atoms with Gasteiger partial charge in [0.15, 0.2) is 5.13 Å². The van der Waals surface area contributed by atoms with Gasteiger partial charge in [-0.25, -0.2) is 4.98 Å². The van der Waals surface area contributed by atoms with E-state index in [9.17, 15) is 4.79 Å². The Hall–Kier alpha value is -2.15. The number of hydrogen-bond acceptors (Lipinski definition) is 6. The van der Waals surface area contributed by atoms with Crippen LogP contribution in [0.2, 0.25) is 0 Å². The second-order valence-electron chi connectivity index (χ2n) is 4.55. The van der Waals surface area contributed by atoms with Gasteiger partial charge in [-0.15, -0.1) is 0 Å². The van der Waals surface area contributed by atoms with Gasteiger partial charge in [0, 0.05) is 20.3 Å². The first-order chi connectivity index (χ1) is 9.49. The van der Waals surface area contributed by atoms with Gasteiger partial charge in [-0.05, 0) is 19.1 Å². The van der Waals surface area contributed by atoms with Crippen LogP contribution in [-0.2, 0) is 0 Å². The quantitative estimate of drug-likeness (QED) is 0.895. The van der Waals surface area contributed by atoms with E-state index in [4.69, 9.17) is 5.73 Å². The number of nitrogens with zero attached hydrogens (tertiary/aromatic N) is 3. The lowest BCUT2D eigenvalue weighted by molar-refractivity contribution is 0.0944. The predicted octanol–water partition coefficient (Wildman–Crippen LogP) is 1.68. The van der Waals surface area contributed by atoms with Crippen LogP contribution in [0.5, 0.6) is 0 Å². The van der Waals surface area contributed by atoms with Crippen LogP contribution < -0.4 is 16.0 Å². The molecule has 0 saturated carbocycles. The minimum Gasteiger partial charge on any atom is -0.382 e. The van der Waals surface area contributed by atoms with Gasteiger partial charge in [-0.2, -0.15) is 0 Å². The molecule has 0 bridgehead atoms. The summed E-state index contributed by atoms with van der Waals surface area (Å²) in [4.78, 5) is 22.8. The number of aromatic nitrogens is 2. The van der Waals surface area contributed by atoms with Gasteiger partial charge in [0.25, 0.3) is 5.91 Å². The van der Waals surface area contributed by atoms with E-state index in [0.717, 1.165) is 5.69 Å². The summed E-state index contributed by atoms with van der Waals surface area (Å²) < 4.78 is 0. The summed E-state index contributed by atoms with van der Waals surface area (Å²) in [6, 6.07) is 5.40. The highest BCUT2D eigenvalue weighted by atomic mass is 32.1. The monoisotopic (exact) mass is 291 g/mol. The largest absolute Gasteiger partial charge is 0.382 e. The Kier molecular flexibility index (Phi) is 4.19. The Labute approximate surface area is 121 Å². The van der Waals surface area contributed by atoms with Crippen molar-refractivity contribution in [2.75, 3.05) is 24.7 Å². The van der Waals surface area contributed by atoms with Crippen molar-refractivity contribution in [3.05, 3.63) is 35.0 Å². The molecule has 0 radical (unpaired) electrons. The Morgan fingerprint density at radius 2 is 2.20 bits per heavy atom. The predicted molar refractivity (Wildman–Crippen MR) is 81.0 cm³/mol. The fourth-order valence-electron chi connectivity index (χ4n) is 1.64. The molecule has 0 aliphatic heterocycles. The minimum absolute atomic E-state index is 0.187. The summed E-state index contributed by atoms with van der Waals surface area (Å²) in [7, 11) is 3.72. The Morgan fingerprint density at radius 1 is 1.45 bits per heavy atom. The average Bonchev–Trinajstić information content (AvgIpc) is 2.82. The molecule has 0 aliphatic rings. The molecule has 1 amide bonds. The van der Waals surface area contributed by atoms with Crippen molar-refractivity contribution in [1.29, 1.82) is 0 Å². The molecule has 0 fully saturated rings. The summed E-state index contributed by atoms with van der Waals surface area (Å²) in [5.41, 5.74) is 6.59. The number of anilines is 2. The summed E-state index contributed by atoms with van der Waals surface area (Å²) in [5.74, 6) is 0.0238. The van der Waals surface area contributed by atoms with E-state index in [1.807, 2.05) is 44.1 Å². The third-order valence-electron chi connectivity index (χ3n) is 2.71. The summed E-state index contributed by atoms with van der Waals surface area (Å²) in [6.45, 7) is 1.88. The van der Waals surface area contributed by atoms with Gasteiger partial charge >= 0.3 is 0 Å². The lowest BCUT2D eigenvalue weighted by Gasteiger charge is -2.12. The number of hydrogen-bond donors (Lipinski definition) is 2. The number of carbonyl (C=O) groups is 1. The van der Waals surface area contributed by atoms with E-state index >= 15 is 0 Å². The van der Waals surface area contributed by atoms with Crippen LogP contribution in [0.25, 0.3) is 0 Å². The first kappa shape index (κ1) is 14.3. The van der Waals surface area contributed by atoms with Gasteiger partial charge in [0.2, 0.25) is 0 Å². The molecular formula is C13H17N5OS. The van der Waals surface area contributed by atoms with Crippen LogP contribution in [0.4, 0.5) is 10.9 Å². The minimum atomic E-state index is -0.230. The van der Waals surface area contributed by atoms with Crippen molar-refractivity contribution in [2.45, 2.75) is 13.0 Å². The average molecular weight is 291 g/mol. The fourth-order valence-corrected chi connectivity index (χ4v) is 2.45.